The van der Waals surface area contributed by atoms with Crippen LogP contribution in [0.5, 0.6) is 0 Å². The van der Waals surface area contributed by atoms with Crippen LogP contribution in [0.2, 0.25) is 0 Å². The highest BCUT2D eigenvalue weighted by Crippen LogP contribution is 2.27. The summed E-state index contributed by atoms with van der Waals surface area (Å²) in [6, 6.07) is 7.41. The molecule has 3 rings (SSSR count). The number of hydrogen-bond donors (Lipinski definition) is 0. The quantitative estimate of drug-likeness (QED) is 0.619. The third-order valence-corrected chi connectivity index (χ3v) is 5.06. The van der Waals surface area contributed by atoms with E-state index < -0.39 is 0 Å². The summed E-state index contributed by atoms with van der Waals surface area (Å²) in [5, 5.41) is 4.68. The van der Waals surface area contributed by atoms with Crippen molar-refractivity contribution >= 4 is 17.7 Å². The summed E-state index contributed by atoms with van der Waals surface area (Å²) in [6.07, 6.45) is 5.18. The van der Waals surface area contributed by atoms with Crippen molar-refractivity contribution in [2.75, 3.05) is 7.05 Å². The highest BCUT2D eigenvalue weighted by Gasteiger charge is 2.18. The van der Waals surface area contributed by atoms with Gasteiger partial charge in [-0.1, -0.05) is 11.2 Å². The van der Waals surface area contributed by atoms with Gasteiger partial charge in [0.25, 0.3) is 5.91 Å². The first kappa shape index (κ1) is 18.1. The standard InChI is InChI=1S/C19H20N4O2S/c1-13-17(14(2)25-22-13)12-26-18-16(7-5-9-21-18)19(24)23(3)11-15-6-4-8-20-10-15/h4-10H,11-12H2,1-3H3. The van der Waals surface area contributed by atoms with Gasteiger partial charge in [0.15, 0.2) is 0 Å². The van der Waals surface area contributed by atoms with Crippen molar-refractivity contribution in [2.45, 2.75) is 31.2 Å². The molecule has 0 saturated carbocycles. The number of carbonyl (C=O) groups is 1. The Labute approximate surface area is 156 Å². The Balaban J connectivity index is 1.74. The van der Waals surface area contributed by atoms with Crippen molar-refractivity contribution in [3.63, 3.8) is 0 Å². The summed E-state index contributed by atoms with van der Waals surface area (Å²) in [4.78, 5) is 23.1. The zero-order valence-electron chi connectivity index (χ0n) is 15.0. The first-order valence-electron chi connectivity index (χ1n) is 8.20. The maximum atomic E-state index is 12.9. The molecule has 6 nitrogen and oxygen atoms in total. The van der Waals surface area contributed by atoms with Crippen LogP contribution >= 0.6 is 11.8 Å². The van der Waals surface area contributed by atoms with Crippen LogP contribution in [0.4, 0.5) is 0 Å². The third kappa shape index (κ3) is 4.11. The minimum Gasteiger partial charge on any atom is -0.361 e. The summed E-state index contributed by atoms with van der Waals surface area (Å²) in [5.74, 6) is 1.39. The summed E-state index contributed by atoms with van der Waals surface area (Å²) in [5.41, 5.74) is 3.49. The molecule has 0 unspecified atom stereocenters. The number of rotatable bonds is 6. The van der Waals surface area contributed by atoms with E-state index in [4.69, 9.17) is 4.52 Å². The van der Waals surface area contributed by atoms with Crippen LogP contribution in [0.1, 0.15) is 32.9 Å². The SMILES string of the molecule is Cc1noc(C)c1CSc1ncccc1C(=O)N(C)Cc1cccnc1. The Bertz CT molecular complexity index is 876. The minimum atomic E-state index is -0.0665. The lowest BCUT2D eigenvalue weighted by Crippen LogP contribution is -2.27. The molecule has 26 heavy (non-hydrogen) atoms. The average molecular weight is 368 g/mol. The number of amides is 1. The number of pyridine rings is 2. The highest BCUT2D eigenvalue weighted by atomic mass is 32.2. The molecule has 1 amide bonds. The van der Waals surface area contributed by atoms with Crippen molar-refractivity contribution in [2.24, 2.45) is 0 Å². The van der Waals surface area contributed by atoms with Crippen molar-refractivity contribution in [3.8, 4) is 0 Å². The van der Waals surface area contributed by atoms with Crippen molar-refractivity contribution < 1.29 is 9.32 Å². The molecule has 0 aromatic carbocycles. The maximum absolute atomic E-state index is 12.9. The molecule has 0 N–H and O–H groups in total. The second-order valence-electron chi connectivity index (χ2n) is 5.97. The topological polar surface area (TPSA) is 72.1 Å². The van der Waals surface area contributed by atoms with E-state index in [-0.39, 0.29) is 5.91 Å². The lowest BCUT2D eigenvalue weighted by Gasteiger charge is -2.18. The number of carbonyl (C=O) groups excluding carboxylic acids is 1. The molecule has 0 spiro atoms. The van der Waals surface area contributed by atoms with Crippen molar-refractivity contribution in [1.82, 2.24) is 20.0 Å². The molecule has 134 valence electrons. The molecule has 0 aliphatic rings. The van der Waals surface area contributed by atoms with Gasteiger partial charge in [0.05, 0.1) is 11.3 Å². The zero-order valence-corrected chi connectivity index (χ0v) is 15.8. The number of aryl methyl sites for hydroxylation is 2. The normalized spacial score (nSPS) is 10.7. The fourth-order valence-corrected chi connectivity index (χ4v) is 3.70. The van der Waals surface area contributed by atoms with Gasteiger partial charge in [-0.3, -0.25) is 9.78 Å². The fourth-order valence-electron chi connectivity index (χ4n) is 2.56. The van der Waals surface area contributed by atoms with E-state index in [1.165, 1.54) is 11.8 Å². The van der Waals surface area contributed by atoms with Gasteiger partial charge in [-0.05, 0) is 37.6 Å². The number of hydrogen-bond acceptors (Lipinski definition) is 6. The largest absolute Gasteiger partial charge is 0.361 e. The van der Waals surface area contributed by atoms with Crippen molar-refractivity contribution in [1.29, 1.82) is 0 Å². The lowest BCUT2D eigenvalue weighted by atomic mass is 10.2. The molecule has 0 aliphatic carbocycles. The highest BCUT2D eigenvalue weighted by molar-refractivity contribution is 7.98. The summed E-state index contributed by atoms with van der Waals surface area (Å²) < 4.78 is 5.20. The van der Waals surface area contributed by atoms with Gasteiger partial charge in [0.2, 0.25) is 0 Å². The minimum absolute atomic E-state index is 0.0665. The predicted octanol–water partition coefficient (Wildman–Crippen LogP) is 3.65. The van der Waals surface area contributed by atoms with Crippen LogP contribution in [0.3, 0.4) is 0 Å². The van der Waals surface area contributed by atoms with Crippen LogP contribution in [-0.4, -0.2) is 33.0 Å². The van der Waals surface area contributed by atoms with Gasteiger partial charge >= 0.3 is 0 Å². The molecule has 7 heteroatoms. The van der Waals surface area contributed by atoms with E-state index in [1.807, 2.05) is 32.0 Å². The predicted molar refractivity (Wildman–Crippen MR) is 99.8 cm³/mol. The fraction of sp³-hybridized carbons (Fsp3) is 0.263. The van der Waals surface area contributed by atoms with Gasteiger partial charge in [-0.2, -0.15) is 0 Å². The lowest BCUT2D eigenvalue weighted by molar-refractivity contribution is 0.0780. The second kappa shape index (κ2) is 8.14. The molecule has 0 aliphatic heterocycles. The third-order valence-electron chi connectivity index (χ3n) is 4.03. The van der Waals surface area contributed by atoms with Crippen molar-refractivity contribution in [3.05, 3.63) is 71.0 Å². The van der Waals surface area contributed by atoms with E-state index in [0.29, 0.717) is 22.9 Å². The van der Waals surface area contributed by atoms with Gasteiger partial charge in [-0.25, -0.2) is 4.98 Å². The number of thioether (sulfide) groups is 1. The first-order chi connectivity index (χ1) is 12.6. The van der Waals surface area contributed by atoms with Gasteiger partial charge in [-0.15, -0.1) is 11.8 Å². The summed E-state index contributed by atoms with van der Waals surface area (Å²) in [7, 11) is 1.78. The van der Waals surface area contributed by atoms with Gasteiger partial charge in [0.1, 0.15) is 10.8 Å². The van der Waals surface area contributed by atoms with Crippen LogP contribution in [0.25, 0.3) is 0 Å². The monoisotopic (exact) mass is 368 g/mol. The Morgan fingerprint density at radius 1 is 1.23 bits per heavy atom. The maximum Gasteiger partial charge on any atom is 0.256 e. The summed E-state index contributed by atoms with van der Waals surface area (Å²) in [6.45, 7) is 4.30. The zero-order chi connectivity index (χ0) is 18.5. The number of aromatic nitrogens is 3. The van der Waals surface area contributed by atoms with Gasteiger partial charge < -0.3 is 9.42 Å². The second-order valence-corrected chi connectivity index (χ2v) is 6.93. The molecular formula is C19H20N4O2S. The Morgan fingerprint density at radius 3 is 2.73 bits per heavy atom. The van der Waals surface area contributed by atoms with Gasteiger partial charge in [0, 0.05) is 43.5 Å². The summed E-state index contributed by atoms with van der Waals surface area (Å²) >= 11 is 1.51. The van der Waals surface area contributed by atoms with E-state index in [1.54, 1.807) is 36.6 Å². The van der Waals surface area contributed by atoms with E-state index in [0.717, 1.165) is 22.6 Å². The van der Waals surface area contributed by atoms with E-state index in [2.05, 4.69) is 15.1 Å². The first-order valence-corrected chi connectivity index (χ1v) is 9.18. The van der Waals surface area contributed by atoms with E-state index in [9.17, 15) is 4.79 Å². The average Bonchev–Trinajstić information content (AvgIpc) is 2.98. The molecule has 0 bridgehead atoms. The smallest absolute Gasteiger partial charge is 0.256 e. The Hall–Kier alpha value is -2.67. The van der Waals surface area contributed by atoms with Crippen LogP contribution in [0, 0.1) is 13.8 Å². The van der Waals surface area contributed by atoms with Crippen LogP contribution < -0.4 is 0 Å². The molecule has 0 atom stereocenters. The molecule has 0 radical (unpaired) electrons. The molecule has 3 aromatic rings. The van der Waals surface area contributed by atoms with E-state index >= 15 is 0 Å². The molecule has 3 aromatic heterocycles. The van der Waals surface area contributed by atoms with Crippen LogP contribution in [-0.2, 0) is 12.3 Å². The molecule has 0 fully saturated rings. The molecule has 3 heterocycles. The molecule has 0 saturated heterocycles. The Morgan fingerprint density at radius 2 is 2.04 bits per heavy atom. The molecular weight excluding hydrogens is 348 g/mol. The number of nitrogens with zero attached hydrogens (tertiary/aromatic N) is 4. The Kier molecular flexibility index (Phi) is 5.68. The van der Waals surface area contributed by atoms with Crippen LogP contribution in [0.15, 0.2) is 52.4 Å².